The van der Waals surface area contributed by atoms with Crippen molar-refractivity contribution in [1.82, 2.24) is 5.32 Å². The fourth-order valence-corrected chi connectivity index (χ4v) is 0.493. The first-order valence-corrected chi connectivity index (χ1v) is 2.55. The first kappa shape index (κ1) is 6.54. The number of nitrogens with one attached hydrogen (secondary N) is 1. The van der Waals surface area contributed by atoms with Crippen molar-refractivity contribution in [2.45, 2.75) is 26.8 Å². The summed E-state index contributed by atoms with van der Waals surface area (Å²) >= 11 is 0. The van der Waals surface area contributed by atoms with Crippen LogP contribution in [0.15, 0.2) is 12.3 Å². The normalized spacial score (nSPS) is 9.14. The van der Waals surface area contributed by atoms with Crippen molar-refractivity contribution in [3.05, 3.63) is 12.3 Å². The van der Waals surface area contributed by atoms with Crippen LogP contribution in [0, 0.1) is 0 Å². The summed E-state index contributed by atoms with van der Waals surface area (Å²) < 4.78 is 0. The molecule has 0 rings (SSSR count). The molecule has 0 spiro atoms. The molecular formula is C6H13N. The van der Waals surface area contributed by atoms with Crippen molar-refractivity contribution < 1.29 is 0 Å². The van der Waals surface area contributed by atoms with Gasteiger partial charge in [-0.25, -0.2) is 0 Å². The van der Waals surface area contributed by atoms with E-state index in [0.717, 1.165) is 5.70 Å². The maximum absolute atomic E-state index is 3.68. The van der Waals surface area contributed by atoms with Crippen LogP contribution in [0.3, 0.4) is 0 Å². The lowest BCUT2D eigenvalue weighted by atomic mass is 10.4. The fraction of sp³-hybridized carbons (Fsp3) is 0.667. The van der Waals surface area contributed by atoms with E-state index in [1.54, 1.807) is 0 Å². The second-order valence-corrected chi connectivity index (χ2v) is 2.08. The highest BCUT2D eigenvalue weighted by atomic mass is 14.9. The average molecular weight is 99.2 g/mol. The van der Waals surface area contributed by atoms with Gasteiger partial charge in [0, 0.05) is 11.7 Å². The lowest BCUT2D eigenvalue weighted by Gasteiger charge is -2.06. The summed E-state index contributed by atoms with van der Waals surface area (Å²) in [6.45, 7) is 9.83. The molecule has 1 nitrogen and oxygen atoms in total. The molecule has 0 amide bonds. The van der Waals surface area contributed by atoms with Gasteiger partial charge in [0.25, 0.3) is 0 Å². The van der Waals surface area contributed by atoms with Crippen LogP contribution >= 0.6 is 0 Å². The minimum atomic E-state index is 0.525. The molecule has 0 fully saturated rings. The summed E-state index contributed by atoms with van der Waals surface area (Å²) in [6, 6.07) is 0.525. The fourth-order valence-electron chi connectivity index (χ4n) is 0.493. The molecule has 42 valence electrons. The van der Waals surface area contributed by atoms with E-state index in [2.05, 4.69) is 25.7 Å². The maximum Gasteiger partial charge on any atom is 0.0201 e. The Labute approximate surface area is 45.4 Å². The molecule has 1 N–H and O–H groups in total. The molecule has 0 atom stereocenters. The van der Waals surface area contributed by atoms with E-state index in [-0.39, 0.29) is 0 Å². The molecule has 0 radical (unpaired) electrons. The Morgan fingerprint density at radius 3 is 2.00 bits per heavy atom. The molecule has 0 aromatic heterocycles. The van der Waals surface area contributed by atoms with Gasteiger partial charge < -0.3 is 5.32 Å². The van der Waals surface area contributed by atoms with Gasteiger partial charge in [0.1, 0.15) is 0 Å². The van der Waals surface area contributed by atoms with Gasteiger partial charge in [-0.05, 0) is 20.8 Å². The molecule has 0 aromatic carbocycles. The molecule has 0 unspecified atom stereocenters. The van der Waals surface area contributed by atoms with E-state index in [1.165, 1.54) is 0 Å². The number of hydrogen-bond donors (Lipinski definition) is 1. The van der Waals surface area contributed by atoms with E-state index in [1.807, 2.05) is 6.92 Å². The first-order chi connectivity index (χ1) is 3.13. The van der Waals surface area contributed by atoms with Gasteiger partial charge in [-0.15, -0.1) is 0 Å². The van der Waals surface area contributed by atoms with Crippen molar-refractivity contribution in [3.63, 3.8) is 0 Å². The Bertz CT molecular complexity index is 64.6. The predicted molar refractivity (Wildman–Crippen MR) is 33.1 cm³/mol. The van der Waals surface area contributed by atoms with E-state index < -0.39 is 0 Å². The minimum absolute atomic E-state index is 0.525. The van der Waals surface area contributed by atoms with Crippen molar-refractivity contribution in [3.8, 4) is 0 Å². The zero-order valence-corrected chi connectivity index (χ0v) is 5.28. The van der Waals surface area contributed by atoms with Crippen LogP contribution in [-0.4, -0.2) is 6.04 Å². The van der Waals surface area contributed by atoms with Crippen molar-refractivity contribution in [2.24, 2.45) is 0 Å². The smallest absolute Gasteiger partial charge is 0.0201 e. The van der Waals surface area contributed by atoms with Crippen LogP contribution in [0.2, 0.25) is 0 Å². The van der Waals surface area contributed by atoms with E-state index in [4.69, 9.17) is 0 Å². The summed E-state index contributed by atoms with van der Waals surface area (Å²) in [6.07, 6.45) is 0. The zero-order valence-electron chi connectivity index (χ0n) is 5.28. The Morgan fingerprint density at radius 1 is 1.57 bits per heavy atom. The summed E-state index contributed by atoms with van der Waals surface area (Å²) in [5.41, 5.74) is 1.04. The standard InChI is InChI=1S/C6H13N/c1-5(2)7-6(3)4/h6-7H,1H2,2-4H3. The molecule has 0 saturated carbocycles. The highest BCUT2D eigenvalue weighted by Crippen LogP contribution is 1.82. The third kappa shape index (κ3) is 5.54. The molecule has 0 aliphatic heterocycles. The van der Waals surface area contributed by atoms with Crippen LogP contribution in [0.25, 0.3) is 0 Å². The molecule has 0 aliphatic carbocycles. The predicted octanol–water partition coefficient (Wildman–Crippen LogP) is 1.52. The monoisotopic (exact) mass is 99.1 g/mol. The van der Waals surface area contributed by atoms with Crippen LogP contribution in [0.5, 0.6) is 0 Å². The zero-order chi connectivity index (χ0) is 5.86. The highest BCUT2D eigenvalue weighted by Gasteiger charge is 1.85. The number of hydrogen-bond acceptors (Lipinski definition) is 1. The van der Waals surface area contributed by atoms with Crippen molar-refractivity contribution in [2.75, 3.05) is 0 Å². The average Bonchev–Trinajstić information content (AvgIpc) is 1.27. The molecule has 0 saturated heterocycles. The third-order valence-electron chi connectivity index (χ3n) is 0.535. The number of allylic oxidation sites excluding steroid dienone is 1. The quantitative estimate of drug-likeness (QED) is 0.553. The van der Waals surface area contributed by atoms with Crippen LogP contribution in [-0.2, 0) is 0 Å². The molecule has 0 bridgehead atoms. The van der Waals surface area contributed by atoms with Crippen molar-refractivity contribution >= 4 is 0 Å². The molecule has 0 aliphatic rings. The van der Waals surface area contributed by atoms with Gasteiger partial charge in [-0.2, -0.15) is 0 Å². The maximum atomic E-state index is 3.68. The third-order valence-corrected chi connectivity index (χ3v) is 0.535. The van der Waals surface area contributed by atoms with E-state index in [9.17, 15) is 0 Å². The van der Waals surface area contributed by atoms with E-state index >= 15 is 0 Å². The van der Waals surface area contributed by atoms with Crippen LogP contribution < -0.4 is 5.32 Å². The SMILES string of the molecule is C=C(C)NC(C)C. The second-order valence-electron chi connectivity index (χ2n) is 2.08. The van der Waals surface area contributed by atoms with Crippen molar-refractivity contribution in [1.29, 1.82) is 0 Å². The largest absolute Gasteiger partial charge is 0.387 e. The Balaban J connectivity index is 3.13. The van der Waals surface area contributed by atoms with Crippen LogP contribution in [0.4, 0.5) is 0 Å². The second kappa shape index (κ2) is 2.67. The molecule has 0 aromatic rings. The van der Waals surface area contributed by atoms with Gasteiger partial charge in [0.15, 0.2) is 0 Å². The number of rotatable bonds is 2. The highest BCUT2D eigenvalue weighted by molar-refractivity contribution is 4.85. The van der Waals surface area contributed by atoms with Gasteiger partial charge in [-0.1, -0.05) is 6.58 Å². The van der Waals surface area contributed by atoms with Crippen LogP contribution in [0.1, 0.15) is 20.8 Å². The Hall–Kier alpha value is -0.460. The molecular weight excluding hydrogens is 86.1 g/mol. The van der Waals surface area contributed by atoms with Gasteiger partial charge in [0.2, 0.25) is 0 Å². The molecule has 1 heteroatoms. The Kier molecular flexibility index (Phi) is 2.49. The van der Waals surface area contributed by atoms with Gasteiger partial charge in [0.05, 0.1) is 0 Å². The van der Waals surface area contributed by atoms with Gasteiger partial charge >= 0.3 is 0 Å². The summed E-state index contributed by atoms with van der Waals surface area (Å²) in [7, 11) is 0. The molecule has 0 heterocycles. The first-order valence-electron chi connectivity index (χ1n) is 2.55. The lowest BCUT2D eigenvalue weighted by molar-refractivity contribution is 0.671. The summed E-state index contributed by atoms with van der Waals surface area (Å²) in [5.74, 6) is 0. The Morgan fingerprint density at radius 2 is 2.00 bits per heavy atom. The summed E-state index contributed by atoms with van der Waals surface area (Å²) in [5, 5.41) is 3.11. The molecule has 7 heavy (non-hydrogen) atoms. The minimum Gasteiger partial charge on any atom is -0.387 e. The van der Waals surface area contributed by atoms with E-state index in [0.29, 0.717) is 6.04 Å². The lowest BCUT2D eigenvalue weighted by Crippen LogP contribution is -2.19. The summed E-state index contributed by atoms with van der Waals surface area (Å²) in [4.78, 5) is 0. The van der Waals surface area contributed by atoms with Gasteiger partial charge in [-0.3, -0.25) is 0 Å². The topological polar surface area (TPSA) is 12.0 Å².